The average Bonchev–Trinajstić information content (AvgIpc) is 2.91. The van der Waals surface area contributed by atoms with Gasteiger partial charge in [0.15, 0.2) is 9.84 Å². The van der Waals surface area contributed by atoms with Gasteiger partial charge in [0, 0.05) is 25.7 Å². The predicted molar refractivity (Wildman–Crippen MR) is 100 cm³/mol. The second-order valence-electron chi connectivity index (χ2n) is 6.83. The Kier molecular flexibility index (Phi) is 6.28. The number of rotatable bonds is 6. The van der Waals surface area contributed by atoms with Gasteiger partial charge < -0.3 is 14.5 Å². The highest BCUT2D eigenvalue weighted by Crippen LogP contribution is 2.22. The van der Waals surface area contributed by atoms with E-state index in [0.717, 1.165) is 0 Å². The van der Waals surface area contributed by atoms with Crippen LogP contribution in [0.2, 0.25) is 0 Å². The van der Waals surface area contributed by atoms with Crippen LogP contribution in [0.15, 0.2) is 24.3 Å². The number of sulfone groups is 1. The zero-order valence-corrected chi connectivity index (χ0v) is 16.5. The second-order valence-corrected chi connectivity index (χ2v) is 9.06. The van der Waals surface area contributed by atoms with Gasteiger partial charge in [0.05, 0.1) is 17.6 Å². The third kappa shape index (κ3) is 5.20. The summed E-state index contributed by atoms with van der Waals surface area (Å²) in [5.41, 5.74) is 0.592. The molecule has 0 N–H and O–H groups in total. The standard InChI is InChI=1S/C18H26N2O5S/c1-13(2)25-17-7-5-15(6-8-17)20(14(3)21)11-18(22)19(4)16-9-10-26(23,24)12-16/h5-8,13,16H,9-12H2,1-4H3. The fraction of sp³-hybridized carbons (Fsp3) is 0.556. The molecule has 8 heteroatoms. The molecule has 26 heavy (non-hydrogen) atoms. The summed E-state index contributed by atoms with van der Waals surface area (Å²) in [6, 6.07) is 6.63. The summed E-state index contributed by atoms with van der Waals surface area (Å²) in [7, 11) is -1.49. The van der Waals surface area contributed by atoms with Crippen LogP contribution in [0.25, 0.3) is 0 Å². The summed E-state index contributed by atoms with van der Waals surface area (Å²) in [4.78, 5) is 27.4. The number of anilines is 1. The molecule has 1 atom stereocenters. The third-order valence-electron chi connectivity index (χ3n) is 4.34. The Morgan fingerprint density at radius 3 is 2.31 bits per heavy atom. The molecule has 2 rings (SSSR count). The first-order chi connectivity index (χ1) is 12.1. The highest BCUT2D eigenvalue weighted by molar-refractivity contribution is 7.91. The lowest BCUT2D eigenvalue weighted by Crippen LogP contribution is -2.45. The molecule has 0 saturated carbocycles. The van der Waals surface area contributed by atoms with Crippen molar-refractivity contribution in [2.24, 2.45) is 0 Å². The van der Waals surface area contributed by atoms with Crippen LogP contribution in [0.5, 0.6) is 5.75 Å². The number of likely N-dealkylation sites (N-methyl/N-ethyl adjacent to an activating group) is 1. The van der Waals surface area contributed by atoms with Crippen molar-refractivity contribution in [2.75, 3.05) is 30.0 Å². The summed E-state index contributed by atoms with van der Waals surface area (Å²) < 4.78 is 28.8. The maximum Gasteiger partial charge on any atom is 0.242 e. The summed E-state index contributed by atoms with van der Waals surface area (Å²) in [5.74, 6) is 0.222. The van der Waals surface area contributed by atoms with Gasteiger partial charge in [-0.1, -0.05) is 0 Å². The summed E-state index contributed by atoms with van der Waals surface area (Å²) >= 11 is 0. The molecule has 2 amide bonds. The highest BCUT2D eigenvalue weighted by Gasteiger charge is 2.33. The first kappa shape index (κ1) is 20.2. The van der Waals surface area contributed by atoms with Crippen molar-refractivity contribution in [3.63, 3.8) is 0 Å². The van der Waals surface area contributed by atoms with Gasteiger partial charge in [-0.05, 0) is 44.5 Å². The molecular formula is C18H26N2O5S. The Bertz CT molecular complexity index is 758. The van der Waals surface area contributed by atoms with Gasteiger partial charge in [0.1, 0.15) is 12.3 Å². The molecule has 1 saturated heterocycles. The van der Waals surface area contributed by atoms with Crippen molar-refractivity contribution in [2.45, 2.75) is 39.3 Å². The number of benzene rings is 1. The molecule has 0 radical (unpaired) electrons. The molecule has 0 aromatic heterocycles. The van der Waals surface area contributed by atoms with Gasteiger partial charge in [0.2, 0.25) is 11.8 Å². The van der Waals surface area contributed by atoms with Gasteiger partial charge in [-0.15, -0.1) is 0 Å². The Hall–Kier alpha value is -2.09. The van der Waals surface area contributed by atoms with Crippen LogP contribution in [0.1, 0.15) is 27.2 Å². The van der Waals surface area contributed by atoms with Crippen LogP contribution >= 0.6 is 0 Å². The third-order valence-corrected chi connectivity index (χ3v) is 6.09. The Morgan fingerprint density at radius 1 is 1.23 bits per heavy atom. The number of carbonyl (C=O) groups is 2. The first-order valence-corrected chi connectivity index (χ1v) is 10.4. The maximum absolute atomic E-state index is 12.6. The first-order valence-electron chi connectivity index (χ1n) is 8.60. The molecule has 1 fully saturated rings. The molecular weight excluding hydrogens is 356 g/mol. The van der Waals surface area contributed by atoms with E-state index >= 15 is 0 Å². The molecule has 0 spiro atoms. The SMILES string of the molecule is CC(=O)N(CC(=O)N(C)C1CCS(=O)(=O)C1)c1ccc(OC(C)C)cc1. The quantitative estimate of drug-likeness (QED) is 0.744. The number of ether oxygens (including phenoxy) is 1. The van der Waals surface area contributed by atoms with Gasteiger partial charge in [-0.2, -0.15) is 0 Å². The van der Waals surface area contributed by atoms with Crippen LogP contribution < -0.4 is 9.64 Å². The normalized spacial score (nSPS) is 18.6. The van der Waals surface area contributed by atoms with E-state index in [2.05, 4.69) is 0 Å². The van der Waals surface area contributed by atoms with Gasteiger partial charge >= 0.3 is 0 Å². The van der Waals surface area contributed by atoms with Gasteiger partial charge in [-0.3, -0.25) is 9.59 Å². The van der Waals surface area contributed by atoms with Crippen LogP contribution in [0.4, 0.5) is 5.69 Å². The van der Waals surface area contributed by atoms with E-state index in [0.29, 0.717) is 17.9 Å². The number of hydrogen-bond acceptors (Lipinski definition) is 5. The van der Waals surface area contributed by atoms with Crippen molar-refractivity contribution >= 4 is 27.3 Å². The van der Waals surface area contributed by atoms with E-state index in [1.54, 1.807) is 31.3 Å². The average molecular weight is 382 g/mol. The molecule has 1 heterocycles. The largest absolute Gasteiger partial charge is 0.491 e. The Balaban J connectivity index is 2.08. The summed E-state index contributed by atoms with van der Waals surface area (Å²) in [5, 5.41) is 0. The van der Waals surface area contributed by atoms with Gasteiger partial charge in [-0.25, -0.2) is 8.42 Å². The molecule has 144 valence electrons. The van der Waals surface area contributed by atoms with Crippen LogP contribution in [0.3, 0.4) is 0 Å². The maximum atomic E-state index is 12.6. The van der Waals surface area contributed by atoms with Crippen LogP contribution in [-0.2, 0) is 19.4 Å². The Labute approximate surface area is 154 Å². The Morgan fingerprint density at radius 2 is 1.85 bits per heavy atom. The van der Waals surface area contributed by atoms with Crippen molar-refractivity contribution in [3.8, 4) is 5.75 Å². The smallest absolute Gasteiger partial charge is 0.242 e. The number of amides is 2. The number of hydrogen-bond donors (Lipinski definition) is 0. The van der Waals surface area contributed by atoms with E-state index in [1.807, 2.05) is 13.8 Å². The van der Waals surface area contributed by atoms with Crippen molar-refractivity contribution in [1.82, 2.24) is 4.90 Å². The lowest BCUT2D eigenvalue weighted by molar-refractivity contribution is -0.131. The fourth-order valence-electron chi connectivity index (χ4n) is 2.89. The molecule has 1 unspecified atom stereocenters. The van der Waals surface area contributed by atoms with Crippen LogP contribution in [-0.4, -0.2) is 62.4 Å². The highest BCUT2D eigenvalue weighted by atomic mass is 32.2. The molecule has 0 bridgehead atoms. The summed E-state index contributed by atoms with van der Waals surface area (Å²) in [6.07, 6.45) is 0.481. The van der Waals surface area contributed by atoms with Crippen molar-refractivity contribution < 1.29 is 22.7 Å². The van der Waals surface area contributed by atoms with E-state index in [4.69, 9.17) is 4.74 Å². The monoisotopic (exact) mass is 382 g/mol. The zero-order valence-electron chi connectivity index (χ0n) is 15.6. The van der Waals surface area contributed by atoms with Crippen molar-refractivity contribution in [3.05, 3.63) is 24.3 Å². The lowest BCUT2D eigenvalue weighted by atomic mass is 10.2. The fourth-order valence-corrected chi connectivity index (χ4v) is 4.67. The molecule has 1 aromatic rings. The minimum absolute atomic E-state index is 0.0173. The molecule has 1 aliphatic rings. The second kappa shape index (κ2) is 8.07. The number of carbonyl (C=O) groups excluding carboxylic acids is 2. The lowest BCUT2D eigenvalue weighted by Gasteiger charge is -2.27. The topological polar surface area (TPSA) is 84.0 Å². The zero-order chi connectivity index (χ0) is 19.5. The van der Waals surface area contributed by atoms with E-state index < -0.39 is 9.84 Å². The molecule has 7 nitrogen and oxygen atoms in total. The minimum Gasteiger partial charge on any atom is -0.491 e. The molecule has 1 aromatic carbocycles. The molecule has 1 aliphatic heterocycles. The number of nitrogens with zero attached hydrogens (tertiary/aromatic N) is 2. The predicted octanol–water partition coefficient (Wildman–Crippen LogP) is 1.47. The van der Waals surface area contributed by atoms with Crippen molar-refractivity contribution in [1.29, 1.82) is 0 Å². The van der Waals surface area contributed by atoms with Gasteiger partial charge in [0.25, 0.3) is 0 Å². The minimum atomic E-state index is -3.07. The van der Waals surface area contributed by atoms with E-state index in [-0.39, 0.29) is 42.0 Å². The molecule has 0 aliphatic carbocycles. The summed E-state index contributed by atoms with van der Waals surface area (Å²) in [6.45, 7) is 5.11. The van der Waals surface area contributed by atoms with Crippen LogP contribution in [0, 0.1) is 0 Å². The van der Waals surface area contributed by atoms with E-state index in [9.17, 15) is 18.0 Å². The van der Waals surface area contributed by atoms with E-state index in [1.165, 1.54) is 16.7 Å².